The number of nitrogens with one attached hydrogen (secondary N) is 2. The Morgan fingerprint density at radius 3 is 2.33 bits per heavy atom. The maximum Gasteiger partial charge on any atom is 0.261 e. The second-order valence-corrected chi connectivity index (χ2v) is 8.20. The number of benzene rings is 2. The number of piperidine rings is 1. The first-order chi connectivity index (χ1) is 12.8. The Morgan fingerprint density at radius 2 is 1.70 bits per heavy atom. The van der Waals surface area contributed by atoms with Crippen LogP contribution in [0.1, 0.15) is 26.2 Å². The van der Waals surface area contributed by atoms with E-state index in [2.05, 4.69) is 14.9 Å². The van der Waals surface area contributed by atoms with Gasteiger partial charge in [-0.05, 0) is 55.7 Å². The van der Waals surface area contributed by atoms with Gasteiger partial charge in [0.1, 0.15) is 5.82 Å². The molecule has 2 aromatic carbocycles. The van der Waals surface area contributed by atoms with E-state index in [9.17, 15) is 17.6 Å². The van der Waals surface area contributed by atoms with Crippen molar-refractivity contribution in [1.82, 2.24) is 0 Å². The summed E-state index contributed by atoms with van der Waals surface area (Å²) < 4.78 is 41.8. The van der Waals surface area contributed by atoms with Crippen molar-refractivity contribution in [2.24, 2.45) is 0 Å². The Morgan fingerprint density at radius 1 is 1.04 bits per heavy atom. The molecule has 0 saturated carbocycles. The zero-order valence-electron chi connectivity index (χ0n) is 15.0. The lowest BCUT2D eigenvalue weighted by molar-refractivity contribution is -0.114. The van der Waals surface area contributed by atoms with Crippen molar-refractivity contribution in [2.75, 3.05) is 28.0 Å². The van der Waals surface area contributed by atoms with Crippen LogP contribution in [0.5, 0.6) is 0 Å². The smallest absolute Gasteiger partial charge is 0.261 e. The van der Waals surface area contributed by atoms with Crippen LogP contribution >= 0.6 is 0 Å². The lowest BCUT2D eigenvalue weighted by atomic mass is 10.1. The minimum Gasteiger partial charge on any atom is -0.370 e. The topological polar surface area (TPSA) is 78.5 Å². The summed E-state index contributed by atoms with van der Waals surface area (Å²) in [5, 5.41) is 2.58. The zero-order chi connectivity index (χ0) is 19.4. The van der Waals surface area contributed by atoms with Gasteiger partial charge in [-0.15, -0.1) is 0 Å². The number of halogens is 1. The summed E-state index contributed by atoms with van der Waals surface area (Å²) in [7, 11) is -3.89. The molecule has 0 aliphatic carbocycles. The summed E-state index contributed by atoms with van der Waals surface area (Å²) >= 11 is 0. The van der Waals surface area contributed by atoms with Gasteiger partial charge in [-0.3, -0.25) is 9.52 Å². The fourth-order valence-corrected chi connectivity index (χ4v) is 4.19. The number of rotatable bonds is 5. The van der Waals surface area contributed by atoms with E-state index in [1.807, 2.05) is 0 Å². The van der Waals surface area contributed by atoms with Crippen molar-refractivity contribution in [3.8, 4) is 0 Å². The molecule has 144 valence electrons. The van der Waals surface area contributed by atoms with E-state index in [-0.39, 0.29) is 16.5 Å². The van der Waals surface area contributed by atoms with Gasteiger partial charge < -0.3 is 10.2 Å². The average Bonchev–Trinajstić information content (AvgIpc) is 2.62. The van der Waals surface area contributed by atoms with Gasteiger partial charge in [0.15, 0.2) is 0 Å². The van der Waals surface area contributed by atoms with Crippen molar-refractivity contribution in [3.05, 3.63) is 48.3 Å². The lowest BCUT2D eigenvalue weighted by Gasteiger charge is -2.30. The molecule has 0 spiro atoms. The molecule has 3 rings (SSSR count). The first kappa shape index (κ1) is 19.2. The summed E-state index contributed by atoms with van der Waals surface area (Å²) in [6.07, 6.45) is 3.18. The van der Waals surface area contributed by atoms with Crippen LogP contribution in [0.4, 0.5) is 21.5 Å². The van der Waals surface area contributed by atoms with Gasteiger partial charge >= 0.3 is 0 Å². The van der Waals surface area contributed by atoms with Gasteiger partial charge in [0.05, 0.1) is 16.3 Å². The summed E-state index contributed by atoms with van der Waals surface area (Å²) in [5.74, 6) is -0.746. The van der Waals surface area contributed by atoms with Crippen LogP contribution < -0.4 is 14.9 Å². The number of nitrogens with zero attached hydrogens (tertiary/aromatic N) is 1. The Bertz CT molecular complexity index is 924. The van der Waals surface area contributed by atoms with Gasteiger partial charge in [0.2, 0.25) is 5.91 Å². The molecular formula is C19H22FN3O3S. The Labute approximate surface area is 158 Å². The highest BCUT2D eigenvalue weighted by Gasteiger charge is 2.20. The number of hydrogen-bond donors (Lipinski definition) is 2. The minimum atomic E-state index is -3.89. The number of carbonyl (C=O) groups excluding carboxylic acids is 1. The summed E-state index contributed by atoms with van der Waals surface area (Å²) in [4.78, 5) is 13.2. The maximum absolute atomic E-state index is 13.8. The molecule has 1 amide bonds. The highest BCUT2D eigenvalue weighted by atomic mass is 32.2. The van der Waals surface area contributed by atoms with Crippen LogP contribution in [0.2, 0.25) is 0 Å². The van der Waals surface area contributed by atoms with E-state index >= 15 is 0 Å². The fourth-order valence-electron chi connectivity index (χ4n) is 3.12. The zero-order valence-corrected chi connectivity index (χ0v) is 15.9. The van der Waals surface area contributed by atoms with Crippen LogP contribution in [0.3, 0.4) is 0 Å². The number of anilines is 3. The Hall–Kier alpha value is -2.61. The molecule has 8 heteroatoms. The third kappa shape index (κ3) is 4.77. The molecule has 0 aromatic heterocycles. The van der Waals surface area contributed by atoms with Crippen molar-refractivity contribution >= 4 is 33.0 Å². The van der Waals surface area contributed by atoms with E-state index in [1.165, 1.54) is 43.3 Å². The molecule has 1 heterocycles. The van der Waals surface area contributed by atoms with Gasteiger partial charge in [-0.25, -0.2) is 12.8 Å². The normalized spacial score (nSPS) is 14.7. The number of sulfonamides is 1. The molecule has 1 saturated heterocycles. The molecule has 2 aromatic rings. The molecule has 1 aliphatic heterocycles. The Balaban J connectivity index is 1.86. The largest absolute Gasteiger partial charge is 0.370 e. The van der Waals surface area contributed by atoms with Crippen LogP contribution in [0.15, 0.2) is 47.4 Å². The molecule has 27 heavy (non-hydrogen) atoms. The Kier molecular flexibility index (Phi) is 5.65. The molecule has 0 radical (unpaired) electrons. The molecular weight excluding hydrogens is 369 g/mol. The van der Waals surface area contributed by atoms with E-state index in [0.717, 1.165) is 32.4 Å². The number of amides is 1. The van der Waals surface area contributed by atoms with E-state index in [0.29, 0.717) is 11.4 Å². The second kappa shape index (κ2) is 7.96. The molecule has 0 atom stereocenters. The highest BCUT2D eigenvalue weighted by molar-refractivity contribution is 7.92. The standard InChI is InChI=1S/C19H22FN3O3S/c1-14(24)21-16-6-8-17(9-7-16)27(25,26)22-18-13-15(20)5-10-19(18)23-11-3-2-4-12-23/h5-10,13,22H,2-4,11-12H2,1H3,(H,21,24). The quantitative estimate of drug-likeness (QED) is 0.817. The van der Waals surface area contributed by atoms with Gasteiger partial charge in [0, 0.05) is 31.8 Å². The maximum atomic E-state index is 13.8. The molecule has 0 bridgehead atoms. The molecule has 2 N–H and O–H groups in total. The number of hydrogen-bond acceptors (Lipinski definition) is 4. The van der Waals surface area contributed by atoms with Crippen molar-refractivity contribution in [3.63, 3.8) is 0 Å². The third-order valence-electron chi connectivity index (χ3n) is 4.38. The average molecular weight is 391 g/mol. The predicted molar refractivity (Wildman–Crippen MR) is 104 cm³/mol. The van der Waals surface area contributed by atoms with Crippen molar-refractivity contribution in [1.29, 1.82) is 0 Å². The van der Waals surface area contributed by atoms with E-state index in [1.54, 1.807) is 6.07 Å². The predicted octanol–water partition coefficient (Wildman–Crippen LogP) is 3.58. The first-order valence-corrected chi connectivity index (χ1v) is 10.3. The van der Waals surface area contributed by atoms with E-state index in [4.69, 9.17) is 0 Å². The van der Waals surface area contributed by atoms with Crippen LogP contribution in [0, 0.1) is 5.82 Å². The third-order valence-corrected chi connectivity index (χ3v) is 5.77. The summed E-state index contributed by atoms with van der Waals surface area (Å²) in [5.41, 5.74) is 1.40. The number of carbonyl (C=O) groups is 1. The second-order valence-electron chi connectivity index (χ2n) is 6.52. The molecule has 1 aliphatic rings. The fraction of sp³-hybridized carbons (Fsp3) is 0.316. The van der Waals surface area contributed by atoms with Gasteiger partial charge in [-0.1, -0.05) is 0 Å². The summed E-state index contributed by atoms with van der Waals surface area (Å²) in [6.45, 7) is 3.00. The SMILES string of the molecule is CC(=O)Nc1ccc(S(=O)(=O)Nc2cc(F)ccc2N2CCCCC2)cc1. The van der Waals surface area contributed by atoms with Crippen LogP contribution in [0.25, 0.3) is 0 Å². The molecule has 1 fully saturated rings. The van der Waals surface area contributed by atoms with Gasteiger partial charge in [-0.2, -0.15) is 0 Å². The monoisotopic (exact) mass is 391 g/mol. The summed E-state index contributed by atoms with van der Waals surface area (Å²) in [6, 6.07) is 9.95. The van der Waals surface area contributed by atoms with E-state index < -0.39 is 15.8 Å². The van der Waals surface area contributed by atoms with Crippen LogP contribution in [-0.4, -0.2) is 27.4 Å². The molecule has 0 unspecified atom stereocenters. The van der Waals surface area contributed by atoms with Gasteiger partial charge in [0.25, 0.3) is 10.0 Å². The minimum absolute atomic E-state index is 0.0328. The van der Waals surface area contributed by atoms with Crippen molar-refractivity contribution in [2.45, 2.75) is 31.1 Å². The van der Waals surface area contributed by atoms with Crippen molar-refractivity contribution < 1.29 is 17.6 Å². The highest BCUT2D eigenvalue weighted by Crippen LogP contribution is 2.31. The van der Waals surface area contributed by atoms with Crippen LogP contribution in [-0.2, 0) is 14.8 Å². The molecule has 6 nitrogen and oxygen atoms in total. The first-order valence-electron chi connectivity index (χ1n) is 8.80. The lowest BCUT2D eigenvalue weighted by Crippen LogP contribution is -2.30.